The summed E-state index contributed by atoms with van der Waals surface area (Å²) >= 11 is 1.74. The number of thiophene rings is 1. The largest absolute Gasteiger partial charge is 0.379 e. The molecule has 1 aliphatic heterocycles. The summed E-state index contributed by atoms with van der Waals surface area (Å²) in [7, 11) is 0. The van der Waals surface area contributed by atoms with Gasteiger partial charge in [-0.3, -0.25) is 9.69 Å². The summed E-state index contributed by atoms with van der Waals surface area (Å²) in [5.74, 6) is -0.0267. The quantitative estimate of drug-likeness (QED) is 0.732. The van der Waals surface area contributed by atoms with E-state index in [1.165, 1.54) is 16.9 Å². The third kappa shape index (κ3) is 2.76. The van der Waals surface area contributed by atoms with Crippen LogP contribution in [0.1, 0.15) is 27.5 Å². The molecule has 0 aromatic carbocycles. The first-order chi connectivity index (χ1) is 12.8. The molecule has 0 spiro atoms. The molecule has 5 rings (SSSR count). The number of carbonyl (C=O) groups is 1. The van der Waals surface area contributed by atoms with Crippen molar-refractivity contribution in [2.24, 2.45) is 0 Å². The van der Waals surface area contributed by atoms with Gasteiger partial charge in [-0.15, -0.1) is 16.4 Å². The molecule has 1 aliphatic carbocycles. The molecule has 3 aromatic heterocycles. The number of morpholine rings is 1. The van der Waals surface area contributed by atoms with Gasteiger partial charge in [-0.2, -0.15) is 0 Å². The molecule has 1 N–H and O–H groups in total. The van der Waals surface area contributed by atoms with Crippen LogP contribution in [0.25, 0.3) is 15.9 Å². The van der Waals surface area contributed by atoms with Gasteiger partial charge in [0, 0.05) is 31.1 Å². The van der Waals surface area contributed by atoms with Gasteiger partial charge in [-0.05, 0) is 24.8 Å². The minimum Gasteiger partial charge on any atom is -0.379 e. The summed E-state index contributed by atoms with van der Waals surface area (Å²) in [5.41, 5.74) is 2.09. The number of hydrogen-bond donors (Lipinski definition) is 1. The molecule has 0 saturated carbocycles. The van der Waals surface area contributed by atoms with E-state index in [9.17, 15) is 4.79 Å². The van der Waals surface area contributed by atoms with Crippen molar-refractivity contribution in [3.05, 3.63) is 22.6 Å². The van der Waals surface area contributed by atoms with Crippen molar-refractivity contribution in [2.45, 2.75) is 19.3 Å². The lowest BCUT2D eigenvalue weighted by atomic mass is 10.2. The number of nitrogens with one attached hydrogen (secondary N) is 1. The lowest BCUT2D eigenvalue weighted by Gasteiger charge is -2.26. The minimum absolute atomic E-state index is 0.208. The Bertz CT molecular complexity index is 975. The van der Waals surface area contributed by atoms with Gasteiger partial charge in [-0.25, -0.2) is 14.5 Å². The number of rotatable bonds is 4. The van der Waals surface area contributed by atoms with Crippen LogP contribution in [0, 0.1) is 0 Å². The van der Waals surface area contributed by atoms with Crippen molar-refractivity contribution >= 4 is 33.1 Å². The van der Waals surface area contributed by atoms with Gasteiger partial charge >= 0.3 is 0 Å². The molecule has 26 heavy (non-hydrogen) atoms. The fourth-order valence-corrected chi connectivity index (χ4v) is 4.94. The van der Waals surface area contributed by atoms with Crippen LogP contribution < -0.4 is 5.32 Å². The summed E-state index contributed by atoms with van der Waals surface area (Å²) in [5, 5.41) is 8.33. The number of nitrogens with zero attached hydrogens (tertiary/aromatic N) is 5. The highest BCUT2D eigenvalue weighted by molar-refractivity contribution is 7.19. The summed E-state index contributed by atoms with van der Waals surface area (Å²) in [6.45, 7) is 4.73. The zero-order chi connectivity index (χ0) is 17.5. The lowest BCUT2D eigenvalue weighted by molar-refractivity contribution is 0.0383. The van der Waals surface area contributed by atoms with Crippen LogP contribution in [0.2, 0.25) is 0 Å². The van der Waals surface area contributed by atoms with Gasteiger partial charge in [-0.1, -0.05) is 0 Å². The minimum atomic E-state index is -0.234. The Labute approximate surface area is 154 Å². The molecule has 0 radical (unpaired) electrons. The first kappa shape index (κ1) is 16.1. The average Bonchev–Trinajstić information content (AvgIpc) is 3.35. The lowest BCUT2D eigenvalue weighted by Crippen LogP contribution is -2.41. The molecule has 4 heterocycles. The first-order valence-electron chi connectivity index (χ1n) is 9.03. The van der Waals surface area contributed by atoms with Crippen LogP contribution in [0.15, 0.2) is 6.33 Å². The Morgan fingerprint density at radius 1 is 1.31 bits per heavy atom. The van der Waals surface area contributed by atoms with E-state index >= 15 is 0 Å². The number of carbonyl (C=O) groups excluding carboxylic acids is 1. The Morgan fingerprint density at radius 3 is 3.08 bits per heavy atom. The van der Waals surface area contributed by atoms with Gasteiger partial charge < -0.3 is 10.1 Å². The maximum Gasteiger partial charge on any atom is 0.291 e. The van der Waals surface area contributed by atoms with E-state index in [0.29, 0.717) is 6.54 Å². The molecule has 1 saturated heterocycles. The molecule has 3 aromatic rings. The highest BCUT2D eigenvalue weighted by atomic mass is 32.1. The van der Waals surface area contributed by atoms with Crippen molar-refractivity contribution < 1.29 is 9.53 Å². The standard InChI is InChI=1S/C17H20N6O2S/c24-16(18-4-5-22-6-8-25-9-7-22)14-20-15-13-11-2-1-3-12(11)26-17(13)19-10-23(15)21-14/h10H,1-9H2,(H,18,24). The van der Waals surface area contributed by atoms with Crippen LogP contribution in [0.5, 0.6) is 0 Å². The predicted molar refractivity (Wildman–Crippen MR) is 97.8 cm³/mol. The highest BCUT2D eigenvalue weighted by Gasteiger charge is 2.23. The summed E-state index contributed by atoms with van der Waals surface area (Å²) in [4.78, 5) is 26.2. The third-order valence-corrected chi connectivity index (χ3v) is 6.26. The van der Waals surface area contributed by atoms with Gasteiger partial charge in [0.25, 0.3) is 5.91 Å². The van der Waals surface area contributed by atoms with Gasteiger partial charge in [0.15, 0.2) is 5.65 Å². The molecule has 9 heteroatoms. The second kappa shape index (κ2) is 6.57. The second-order valence-electron chi connectivity index (χ2n) is 6.70. The highest BCUT2D eigenvalue weighted by Crippen LogP contribution is 2.37. The number of fused-ring (bicyclic) bond motifs is 5. The fraction of sp³-hybridized carbons (Fsp3) is 0.529. The number of aryl methyl sites for hydroxylation is 2. The number of amides is 1. The molecule has 1 fully saturated rings. The normalized spacial score (nSPS) is 17.8. The first-order valence-corrected chi connectivity index (χ1v) is 9.85. The fourth-order valence-electron chi connectivity index (χ4n) is 3.72. The summed E-state index contributed by atoms with van der Waals surface area (Å²) in [6, 6.07) is 0. The molecule has 0 bridgehead atoms. The molecule has 0 unspecified atom stereocenters. The van der Waals surface area contributed by atoms with E-state index in [1.54, 1.807) is 22.2 Å². The van der Waals surface area contributed by atoms with Gasteiger partial charge in [0.05, 0.1) is 18.6 Å². The van der Waals surface area contributed by atoms with E-state index < -0.39 is 0 Å². The van der Waals surface area contributed by atoms with Gasteiger partial charge in [0.1, 0.15) is 11.2 Å². The van der Waals surface area contributed by atoms with Crippen LogP contribution in [0.3, 0.4) is 0 Å². The molecule has 0 atom stereocenters. The Hall–Kier alpha value is -2.10. The van der Waals surface area contributed by atoms with E-state index in [-0.39, 0.29) is 11.7 Å². The zero-order valence-electron chi connectivity index (χ0n) is 14.4. The summed E-state index contributed by atoms with van der Waals surface area (Å²) < 4.78 is 6.96. The molecule has 8 nitrogen and oxygen atoms in total. The summed E-state index contributed by atoms with van der Waals surface area (Å²) in [6.07, 6.45) is 5.01. The Balaban J connectivity index is 1.35. The third-order valence-electron chi connectivity index (χ3n) is 5.06. The second-order valence-corrected chi connectivity index (χ2v) is 7.78. The maximum absolute atomic E-state index is 12.5. The van der Waals surface area contributed by atoms with E-state index in [4.69, 9.17) is 4.74 Å². The Morgan fingerprint density at radius 2 is 2.19 bits per heavy atom. The van der Waals surface area contributed by atoms with Crippen LogP contribution >= 0.6 is 11.3 Å². The predicted octanol–water partition coefficient (Wildman–Crippen LogP) is 0.890. The van der Waals surface area contributed by atoms with E-state index in [0.717, 1.165) is 61.6 Å². The van der Waals surface area contributed by atoms with Crippen LogP contribution in [-0.2, 0) is 17.6 Å². The maximum atomic E-state index is 12.5. The van der Waals surface area contributed by atoms with Crippen molar-refractivity contribution in [1.82, 2.24) is 29.8 Å². The van der Waals surface area contributed by atoms with Crippen LogP contribution in [0.4, 0.5) is 0 Å². The van der Waals surface area contributed by atoms with Gasteiger partial charge in [0.2, 0.25) is 5.82 Å². The smallest absolute Gasteiger partial charge is 0.291 e. The average molecular weight is 372 g/mol. The number of ether oxygens (including phenoxy) is 1. The van der Waals surface area contributed by atoms with Crippen molar-refractivity contribution in [3.63, 3.8) is 0 Å². The van der Waals surface area contributed by atoms with E-state index in [2.05, 4.69) is 25.3 Å². The zero-order valence-corrected chi connectivity index (χ0v) is 15.2. The Kier molecular flexibility index (Phi) is 4.07. The number of hydrogen-bond acceptors (Lipinski definition) is 7. The number of aromatic nitrogens is 4. The molecular formula is C17H20N6O2S. The van der Waals surface area contributed by atoms with Crippen molar-refractivity contribution in [2.75, 3.05) is 39.4 Å². The monoisotopic (exact) mass is 372 g/mol. The van der Waals surface area contributed by atoms with Crippen LogP contribution in [-0.4, -0.2) is 69.8 Å². The van der Waals surface area contributed by atoms with E-state index in [1.807, 2.05) is 0 Å². The molecule has 2 aliphatic rings. The van der Waals surface area contributed by atoms with Crippen molar-refractivity contribution in [1.29, 1.82) is 0 Å². The molecule has 1 amide bonds. The SMILES string of the molecule is O=C(NCCN1CCOCC1)c1nc2c3c4c(sc3ncn2n1)CCC4. The molecule has 136 valence electrons. The van der Waals surface area contributed by atoms with Crippen molar-refractivity contribution in [3.8, 4) is 0 Å². The topological polar surface area (TPSA) is 84.7 Å². The molecular weight excluding hydrogens is 352 g/mol.